The monoisotopic (exact) mass is 766 g/mol. The SMILES string of the molecule is CC1(C)c2cc3ccccc3cc2-c2c(-c3cccc(-c4cc(-c5ccc(-c6cccc7oc8c9ccccc9ccc8c67)cc5)nc(-c5ccccc5)n4)c3)cccc21. The maximum atomic E-state index is 6.51. The Labute approximate surface area is 348 Å². The first kappa shape index (κ1) is 34.4. The maximum absolute atomic E-state index is 6.51. The molecule has 1 aliphatic carbocycles. The van der Waals surface area contributed by atoms with Gasteiger partial charge in [-0.15, -0.1) is 0 Å². The molecule has 11 aromatic rings. The molecule has 0 bridgehead atoms. The molecule has 2 heterocycles. The van der Waals surface area contributed by atoms with Crippen LogP contribution in [-0.4, -0.2) is 9.97 Å². The van der Waals surface area contributed by atoms with Crippen LogP contribution in [0.4, 0.5) is 0 Å². The van der Waals surface area contributed by atoms with Gasteiger partial charge in [0, 0.05) is 38.3 Å². The van der Waals surface area contributed by atoms with Crippen molar-refractivity contribution in [1.29, 1.82) is 0 Å². The summed E-state index contributed by atoms with van der Waals surface area (Å²) in [6.07, 6.45) is 0. The number of hydrogen-bond donors (Lipinski definition) is 0. The summed E-state index contributed by atoms with van der Waals surface area (Å²) in [6, 6.07) is 69.4. The van der Waals surface area contributed by atoms with Crippen LogP contribution in [0.25, 0.3) is 111 Å². The van der Waals surface area contributed by atoms with Crippen LogP contribution in [0.1, 0.15) is 25.0 Å². The number of furan rings is 1. The van der Waals surface area contributed by atoms with Crippen molar-refractivity contribution in [2.24, 2.45) is 0 Å². The van der Waals surface area contributed by atoms with Crippen LogP contribution < -0.4 is 0 Å². The third-order valence-corrected chi connectivity index (χ3v) is 12.7. The van der Waals surface area contributed by atoms with Gasteiger partial charge in [0.05, 0.1) is 11.4 Å². The number of hydrogen-bond acceptors (Lipinski definition) is 3. The molecule has 0 aliphatic heterocycles. The van der Waals surface area contributed by atoms with Gasteiger partial charge in [0.2, 0.25) is 0 Å². The summed E-state index contributed by atoms with van der Waals surface area (Å²) in [5, 5.41) is 7.10. The fourth-order valence-corrected chi connectivity index (χ4v) is 9.63. The minimum atomic E-state index is -0.113. The lowest BCUT2D eigenvalue weighted by atomic mass is 9.81. The van der Waals surface area contributed by atoms with Crippen LogP contribution in [0.15, 0.2) is 199 Å². The fourth-order valence-electron chi connectivity index (χ4n) is 9.63. The number of fused-ring (bicyclic) bond motifs is 9. The third kappa shape index (κ3) is 5.36. The van der Waals surface area contributed by atoms with E-state index in [4.69, 9.17) is 14.4 Å². The van der Waals surface area contributed by atoms with Crippen LogP contribution in [0, 0.1) is 0 Å². The number of rotatable bonds is 5. The van der Waals surface area contributed by atoms with Gasteiger partial charge in [-0.1, -0.05) is 172 Å². The second-order valence-electron chi connectivity index (χ2n) is 16.5. The number of nitrogens with zero attached hydrogens (tertiary/aromatic N) is 2. The summed E-state index contributed by atoms with van der Waals surface area (Å²) in [6.45, 7) is 4.71. The topological polar surface area (TPSA) is 38.9 Å². The van der Waals surface area contributed by atoms with Gasteiger partial charge in [-0.3, -0.25) is 0 Å². The largest absolute Gasteiger partial charge is 0.455 e. The molecule has 0 saturated carbocycles. The average Bonchev–Trinajstić information content (AvgIpc) is 3.80. The molecule has 9 aromatic carbocycles. The summed E-state index contributed by atoms with van der Waals surface area (Å²) >= 11 is 0. The first-order valence-electron chi connectivity index (χ1n) is 20.6. The van der Waals surface area contributed by atoms with Gasteiger partial charge in [0.1, 0.15) is 11.2 Å². The van der Waals surface area contributed by atoms with Crippen LogP contribution in [0.5, 0.6) is 0 Å². The second-order valence-corrected chi connectivity index (χ2v) is 16.5. The smallest absolute Gasteiger partial charge is 0.160 e. The van der Waals surface area contributed by atoms with Gasteiger partial charge in [-0.25, -0.2) is 9.97 Å². The summed E-state index contributed by atoms with van der Waals surface area (Å²) in [7, 11) is 0. The molecule has 60 heavy (non-hydrogen) atoms. The average molecular weight is 767 g/mol. The Hall–Kier alpha value is -7.62. The Morgan fingerprint density at radius 1 is 0.400 bits per heavy atom. The highest BCUT2D eigenvalue weighted by atomic mass is 16.3. The van der Waals surface area contributed by atoms with Gasteiger partial charge in [0.25, 0.3) is 0 Å². The molecule has 282 valence electrons. The van der Waals surface area contributed by atoms with Crippen molar-refractivity contribution in [2.75, 3.05) is 0 Å². The summed E-state index contributed by atoms with van der Waals surface area (Å²) in [5.41, 5.74) is 16.6. The van der Waals surface area contributed by atoms with Gasteiger partial charge >= 0.3 is 0 Å². The Bertz CT molecular complexity index is 3500. The van der Waals surface area contributed by atoms with Crippen LogP contribution >= 0.6 is 0 Å². The van der Waals surface area contributed by atoms with Crippen LogP contribution in [0.2, 0.25) is 0 Å². The van der Waals surface area contributed by atoms with E-state index in [1.807, 2.05) is 18.2 Å². The molecule has 12 rings (SSSR count). The van der Waals surface area contributed by atoms with Crippen molar-refractivity contribution < 1.29 is 4.42 Å². The Morgan fingerprint density at radius 2 is 1.05 bits per heavy atom. The second kappa shape index (κ2) is 13.2. The molecule has 2 aromatic heterocycles. The Balaban J connectivity index is 0.965. The lowest BCUT2D eigenvalue weighted by Gasteiger charge is -2.22. The van der Waals surface area contributed by atoms with E-state index in [0.29, 0.717) is 5.82 Å². The van der Waals surface area contributed by atoms with Crippen molar-refractivity contribution in [3.05, 3.63) is 205 Å². The van der Waals surface area contributed by atoms with Gasteiger partial charge < -0.3 is 4.42 Å². The van der Waals surface area contributed by atoms with E-state index in [9.17, 15) is 0 Å². The molecule has 0 saturated heterocycles. The molecule has 3 nitrogen and oxygen atoms in total. The van der Waals surface area contributed by atoms with Crippen molar-refractivity contribution in [3.8, 4) is 67.3 Å². The first-order valence-corrected chi connectivity index (χ1v) is 20.6. The first-order chi connectivity index (χ1) is 29.5. The van der Waals surface area contributed by atoms with E-state index in [0.717, 1.165) is 66.5 Å². The van der Waals surface area contributed by atoms with Crippen LogP contribution in [0.3, 0.4) is 0 Å². The third-order valence-electron chi connectivity index (χ3n) is 12.7. The van der Waals surface area contributed by atoms with Crippen molar-refractivity contribution in [3.63, 3.8) is 0 Å². The summed E-state index contributed by atoms with van der Waals surface area (Å²) < 4.78 is 6.51. The molecule has 0 amide bonds. The molecule has 3 heteroatoms. The highest BCUT2D eigenvalue weighted by Gasteiger charge is 2.37. The standard InChI is InChI=1S/C57H38N2O/c1-57(2)48-23-11-21-44(53(48)47-32-39-16-6-7-17-40(39)33-49(47)57)41-18-10-19-42(31-41)51-34-50(58-56(59-51)38-14-4-3-5-15-38)37-27-25-36(26-28-37)43-22-12-24-52-54(43)46-30-29-35-13-8-9-20-45(35)55(46)60-52/h3-34H,1-2H3. The molecule has 0 spiro atoms. The maximum Gasteiger partial charge on any atom is 0.160 e. The predicted molar refractivity (Wildman–Crippen MR) is 249 cm³/mol. The van der Waals surface area contributed by atoms with E-state index >= 15 is 0 Å². The van der Waals surface area contributed by atoms with E-state index in [1.165, 1.54) is 49.5 Å². The molecular formula is C57H38N2O. The van der Waals surface area contributed by atoms with E-state index < -0.39 is 0 Å². The fraction of sp³-hybridized carbons (Fsp3) is 0.0526. The highest BCUT2D eigenvalue weighted by Crippen LogP contribution is 2.53. The summed E-state index contributed by atoms with van der Waals surface area (Å²) in [4.78, 5) is 10.4. The normalized spacial score (nSPS) is 13.0. The molecule has 0 fully saturated rings. The molecular weight excluding hydrogens is 729 g/mol. The molecule has 0 unspecified atom stereocenters. The zero-order valence-electron chi connectivity index (χ0n) is 33.3. The minimum Gasteiger partial charge on any atom is -0.455 e. The van der Waals surface area contributed by atoms with Crippen LogP contribution in [-0.2, 0) is 5.41 Å². The zero-order chi connectivity index (χ0) is 40.0. The molecule has 1 aliphatic rings. The van der Waals surface area contributed by atoms with E-state index in [-0.39, 0.29) is 5.41 Å². The lowest BCUT2D eigenvalue weighted by Crippen LogP contribution is -2.14. The van der Waals surface area contributed by atoms with Crippen molar-refractivity contribution in [1.82, 2.24) is 9.97 Å². The minimum absolute atomic E-state index is 0.113. The zero-order valence-corrected chi connectivity index (χ0v) is 33.3. The van der Waals surface area contributed by atoms with Gasteiger partial charge in [0.15, 0.2) is 5.82 Å². The molecule has 0 N–H and O–H groups in total. The number of benzene rings is 9. The molecule has 0 radical (unpaired) electrons. The van der Waals surface area contributed by atoms with Gasteiger partial charge in [-0.2, -0.15) is 0 Å². The summed E-state index contributed by atoms with van der Waals surface area (Å²) in [5.74, 6) is 0.697. The molecule has 0 atom stereocenters. The number of aromatic nitrogens is 2. The highest BCUT2D eigenvalue weighted by molar-refractivity contribution is 6.19. The van der Waals surface area contributed by atoms with Crippen molar-refractivity contribution in [2.45, 2.75) is 19.3 Å². The lowest BCUT2D eigenvalue weighted by molar-refractivity contribution is 0.661. The quantitative estimate of drug-likeness (QED) is 0.175. The predicted octanol–water partition coefficient (Wildman–Crippen LogP) is 15.3. The van der Waals surface area contributed by atoms with E-state index in [1.54, 1.807) is 0 Å². The van der Waals surface area contributed by atoms with E-state index in [2.05, 4.69) is 190 Å². The van der Waals surface area contributed by atoms with Crippen molar-refractivity contribution >= 4 is 43.5 Å². The van der Waals surface area contributed by atoms with Gasteiger partial charge in [-0.05, 0) is 97.1 Å². The Kier molecular flexibility index (Phi) is 7.58. The Morgan fingerprint density at radius 3 is 1.88 bits per heavy atom.